The third-order valence-electron chi connectivity index (χ3n) is 4.71. The van der Waals surface area contributed by atoms with Crippen LogP contribution in [0.1, 0.15) is 45.7 Å². The van der Waals surface area contributed by atoms with Crippen molar-refractivity contribution < 1.29 is 13.9 Å². The minimum atomic E-state index is -0.554. The minimum Gasteiger partial charge on any atom is -0.444 e. The lowest BCUT2D eigenvalue weighted by Gasteiger charge is -2.41. The largest absolute Gasteiger partial charge is 0.444 e. The second-order valence-electron chi connectivity index (χ2n) is 8.68. The minimum absolute atomic E-state index is 0.243. The molecule has 3 rings (SSSR count). The average molecular weight is 390 g/mol. The smallest absolute Gasteiger partial charge is 0.410 e. The van der Waals surface area contributed by atoms with Crippen molar-refractivity contribution in [2.75, 3.05) is 6.54 Å². The Bertz CT molecular complexity index is 886. The van der Waals surface area contributed by atoms with Crippen molar-refractivity contribution in [3.05, 3.63) is 58.4 Å². The van der Waals surface area contributed by atoms with Gasteiger partial charge in [-0.15, -0.1) is 0 Å². The molecule has 0 spiro atoms. The first-order chi connectivity index (χ1) is 12.5. The monoisotopic (exact) mass is 389 g/mol. The molecule has 0 N–H and O–H groups in total. The van der Waals surface area contributed by atoms with E-state index in [0.717, 1.165) is 16.7 Å². The van der Waals surface area contributed by atoms with Gasteiger partial charge in [-0.05, 0) is 55.7 Å². The summed E-state index contributed by atoms with van der Waals surface area (Å²) >= 11 is 6.32. The summed E-state index contributed by atoms with van der Waals surface area (Å²) in [6.45, 7) is 10.8. The van der Waals surface area contributed by atoms with Gasteiger partial charge in [-0.3, -0.25) is 0 Å². The number of hydrogen-bond acceptors (Lipinski definition) is 2. The highest BCUT2D eigenvalue weighted by Gasteiger charge is 2.36. The molecule has 0 radical (unpaired) electrons. The summed E-state index contributed by atoms with van der Waals surface area (Å²) in [4.78, 5) is 14.4. The summed E-state index contributed by atoms with van der Waals surface area (Å²) in [5, 5.41) is 0.357. The molecule has 0 bridgehead atoms. The van der Waals surface area contributed by atoms with Gasteiger partial charge in [-0.1, -0.05) is 43.6 Å². The van der Waals surface area contributed by atoms with E-state index in [0.29, 0.717) is 18.1 Å². The Morgan fingerprint density at radius 2 is 1.89 bits per heavy atom. The van der Waals surface area contributed by atoms with Crippen LogP contribution in [0.15, 0.2) is 36.4 Å². The maximum absolute atomic E-state index is 13.5. The number of benzene rings is 2. The van der Waals surface area contributed by atoms with Gasteiger partial charge in [0.05, 0.1) is 5.02 Å². The topological polar surface area (TPSA) is 29.5 Å². The molecule has 5 heteroatoms. The summed E-state index contributed by atoms with van der Waals surface area (Å²) < 4.78 is 19.1. The summed E-state index contributed by atoms with van der Waals surface area (Å²) in [6.07, 6.45) is -0.332. The molecule has 0 unspecified atom stereocenters. The average Bonchev–Trinajstić information content (AvgIpc) is 2.52. The summed E-state index contributed by atoms with van der Waals surface area (Å²) in [5.41, 5.74) is 3.07. The van der Waals surface area contributed by atoms with Gasteiger partial charge in [0.1, 0.15) is 11.4 Å². The van der Waals surface area contributed by atoms with Crippen LogP contribution in [0.3, 0.4) is 0 Å². The van der Waals surface area contributed by atoms with Crippen LogP contribution < -0.4 is 0 Å². The third-order valence-corrected chi connectivity index (χ3v) is 5.03. The van der Waals surface area contributed by atoms with E-state index in [1.165, 1.54) is 17.7 Å². The van der Waals surface area contributed by atoms with E-state index in [9.17, 15) is 9.18 Å². The van der Waals surface area contributed by atoms with Crippen molar-refractivity contribution in [2.45, 2.75) is 52.2 Å². The predicted molar refractivity (Wildman–Crippen MR) is 107 cm³/mol. The SMILES string of the molecule is CC(C)(C)OC(=O)N1Cc2c(-c3ccc(F)cc3Cl)cccc2C(C)(C)C1. The number of ether oxygens (including phenoxy) is 1. The Morgan fingerprint density at radius 3 is 2.52 bits per heavy atom. The van der Waals surface area contributed by atoms with Crippen LogP contribution in [0.25, 0.3) is 11.1 Å². The fourth-order valence-corrected chi connectivity index (χ4v) is 3.89. The summed E-state index contributed by atoms with van der Waals surface area (Å²) in [5.74, 6) is -0.371. The zero-order chi connectivity index (χ0) is 20.0. The van der Waals surface area contributed by atoms with Crippen molar-refractivity contribution in [3.63, 3.8) is 0 Å². The van der Waals surface area contributed by atoms with Crippen LogP contribution in [-0.4, -0.2) is 23.1 Å². The van der Waals surface area contributed by atoms with E-state index in [-0.39, 0.29) is 17.3 Å². The molecule has 0 fully saturated rings. The second kappa shape index (κ2) is 6.83. The maximum atomic E-state index is 13.5. The molecule has 0 aliphatic carbocycles. The number of hydrogen-bond donors (Lipinski definition) is 0. The van der Waals surface area contributed by atoms with Gasteiger partial charge in [0.2, 0.25) is 0 Å². The Balaban J connectivity index is 2.07. The molecule has 27 heavy (non-hydrogen) atoms. The highest BCUT2D eigenvalue weighted by atomic mass is 35.5. The van der Waals surface area contributed by atoms with Gasteiger partial charge in [-0.25, -0.2) is 9.18 Å². The predicted octanol–water partition coefficient (Wildman–Crippen LogP) is 6.17. The number of halogens is 2. The van der Waals surface area contributed by atoms with Crippen molar-refractivity contribution in [1.82, 2.24) is 4.90 Å². The molecule has 2 aromatic rings. The Kier molecular flexibility index (Phi) is 4.98. The number of amides is 1. The van der Waals surface area contributed by atoms with Gasteiger partial charge in [0.25, 0.3) is 0 Å². The van der Waals surface area contributed by atoms with Crippen molar-refractivity contribution >= 4 is 17.7 Å². The first-order valence-corrected chi connectivity index (χ1v) is 9.41. The van der Waals surface area contributed by atoms with E-state index in [4.69, 9.17) is 16.3 Å². The zero-order valence-electron chi connectivity index (χ0n) is 16.4. The van der Waals surface area contributed by atoms with Crippen LogP contribution in [0, 0.1) is 5.82 Å². The second-order valence-corrected chi connectivity index (χ2v) is 9.08. The molecular formula is C22H25ClFNO2. The van der Waals surface area contributed by atoms with Crippen molar-refractivity contribution in [3.8, 4) is 11.1 Å². The molecule has 2 aromatic carbocycles. The molecule has 0 atom stereocenters. The van der Waals surface area contributed by atoms with Crippen molar-refractivity contribution in [1.29, 1.82) is 0 Å². The lowest BCUT2D eigenvalue weighted by molar-refractivity contribution is 0.0174. The zero-order valence-corrected chi connectivity index (χ0v) is 17.2. The lowest BCUT2D eigenvalue weighted by atomic mass is 9.76. The highest BCUT2D eigenvalue weighted by Crippen LogP contribution is 2.40. The van der Waals surface area contributed by atoms with Gasteiger partial charge in [0, 0.05) is 24.1 Å². The Labute approximate surface area is 165 Å². The third kappa shape index (κ3) is 4.11. The standard InChI is InChI=1S/C22H25ClFNO2/c1-21(2,3)27-20(26)25-12-17-15(16-10-9-14(24)11-19(16)23)7-6-8-18(17)22(4,5)13-25/h6-11H,12-13H2,1-5H3. The number of carbonyl (C=O) groups is 1. The Morgan fingerprint density at radius 1 is 1.19 bits per heavy atom. The first kappa shape index (κ1) is 19.7. The molecule has 1 heterocycles. The first-order valence-electron chi connectivity index (χ1n) is 9.04. The van der Waals surface area contributed by atoms with Crippen LogP contribution in [-0.2, 0) is 16.7 Å². The molecule has 1 aliphatic heterocycles. The van der Waals surface area contributed by atoms with Crippen LogP contribution in [0.2, 0.25) is 5.02 Å². The van der Waals surface area contributed by atoms with Gasteiger partial charge >= 0.3 is 6.09 Å². The Hall–Kier alpha value is -2.07. The van der Waals surface area contributed by atoms with Gasteiger partial charge in [0.15, 0.2) is 0 Å². The van der Waals surface area contributed by atoms with E-state index in [2.05, 4.69) is 19.9 Å². The number of nitrogens with zero attached hydrogens (tertiary/aromatic N) is 1. The van der Waals surface area contributed by atoms with Gasteiger partial charge < -0.3 is 9.64 Å². The number of rotatable bonds is 1. The highest BCUT2D eigenvalue weighted by molar-refractivity contribution is 6.33. The fraction of sp³-hybridized carbons (Fsp3) is 0.409. The molecule has 144 valence electrons. The molecular weight excluding hydrogens is 365 g/mol. The molecule has 0 saturated heterocycles. The van der Waals surface area contributed by atoms with Crippen molar-refractivity contribution in [2.24, 2.45) is 0 Å². The van der Waals surface area contributed by atoms with E-state index < -0.39 is 5.60 Å². The van der Waals surface area contributed by atoms with E-state index in [1.807, 2.05) is 32.9 Å². The molecule has 1 aliphatic rings. The van der Waals surface area contributed by atoms with Crippen LogP contribution in [0.4, 0.5) is 9.18 Å². The summed E-state index contributed by atoms with van der Waals surface area (Å²) in [6, 6.07) is 10.4. The molecule has 0 aromatic heterocycles. The van der Waals surface area contributed by atoms with E-state index >= 15 is 0 Å². The summed E-state index contributed by atoms with van der Waals surface area (Å²) in [7, 11) is 0. The number of carbonyl (C=O) groups excluding carboxylic acids is 1. The normalized spacial score (nSPS) is 16.0. The molecule has 1 amide bonds. The van der Waals surface area contributed by atoms with Gasteiger partial charge in [-0.2, -0.15) is 0 Å². The molecule has 0 saturated carbocycles. The van der Waals surface area contributed by atoms with E-state index in [1.54, 1.807) is 11.0 Å². The lowest BCUT2D eigenvalue weighted by Crippen LogP contribution is -2.47. The maximum Gasteiger partial charge on any atom is 0.410 e. The number of fused-ring (bicyclic) bond motifs is 1. The van der Waals surface area contributed by atoms with Crippen LogP contribution >= 0.6 is 11.6 Å². The quantitative estimate of drug-likeness (QED) is 0.583. The molecule has 3 nitrogen and oxygen atoms in total. The fourth-order valence-electron chi connectivity index (χ4n) is 3.62. The van der Waals surface area contributed by atoms with Crippen LogP contribution in [0.5, 0.6) is 0 Å².